The lowest BCUT2D eigenvalue weighted by Gasteiger charge is -2.41. The van der Waals surface area contributed by atoms with Crippen LogP contribution in [0.2, 0.25) is 0 Å². The topological polar surface area (TPSA) is 113 Å². The molecule has 1 saturated heterocycles. The second-order valence-electron chi connectivity index (χ2n) is 5.56. The zero-order chi connectivity index (χ0) is 18.5. The quantitative estimate of drug-likeness (QED) is 0.381. The maximum atomic E-state index is 12.4. The van der Waals surface area contributed by atoms with E-state index in [1.165, 1.54) is 4.90 Å². The molecule has 1 aliphatic rings. The third-order valence-electron chi connectivity index (χ3n) is 3.88. The number of hydrogen-bond acceptors (Lipinski definition) is 6. The highest BCUT2D eigenvalue weighted by Crippen LogP contribution is 2.18. The number of nitrogens with one attached hydrogen (secondary N) is 1. The minimum absolute atomic E-state index is 0.00471. The predicted molar refractivity (Wildman–Crippen MR) is 77.9 cm³/mol. The highest BCUT2D eigenvalue weighted by atomic mass is 19.4. The number of halogens is 3. The Kier molecular flexibility index (Phi) is 7.61. The van der Waals surface area contributed by atoms with Crippen LogP contribution in [0.25, 0.3) is 0 Å². The van der Waals surface area contributed by atoms with Gasteiger partial charge in [-0.05, 0) is 13.3 Å². The van der Waals surface area contributed by atoms with E-state index in [4.69, 9.17) is 5.11 Å². The van der Waals surface area contributed by atoms with Gasteiger partial charge in [0.25, 0.3) is 0 Å². The van der Waals surface area contributed by atoms with Gasteiger partial charge in [0.2, 0.25) is 5.91 Å². The number of allylic oxidation sites excluding steroid dienone is 1. The van der Waals surface area contributed by atoms with Gasteiger partial charge in [-0.15, -0.1) is 0 Å². The Balaban J connectivity index is 2.72. The van der Waals surface area contributed by atoms with E-state index < -0.39 is 49.1 Å². The van der Waals surface area contributed by atoms with Crippen molar-refractivity contribution in [3.05, 3.63) is 12.2 Å². The lowest BCUT2D eigenvalue weighted by Crippen LogP contribution is -2.69. The molecule has 0 aromatic heterocycles. The first kappa shape index (κ1) is 20.8. The minimum Gasteiger partial charge on any atom is -0.395 e. The molecule has 0 unspecified atom stereocenters. The molecule has 0 saturated carbocycles. The second-order valence-corrected chi connectivity index (χ2v) is 5.56. The van der Waals surface area contributed by atoms with Crippen molar-refractivity contribution in [2.75, 3.05) is 19.7 Å². The van der Waals surface area contributed by atoms with E-state index >= 15 is 0 Å². The van der Waals surface area contributed by atoms with Crippen LogP contribution in [0.15, 0.2) is 12.2 Å². The molecule has 7 nitrogen and oxygen atoms in total. The normalized spacial score (nSPS) is 31.4. The lowest BCUT2D eigenvalue weighted by molar-refractivity contribution is -0.153. The summed E-state index contributed by atoms with van der Waals surface area (Å²) in [6.07, 6.45) is -8.14. The van der Waals surface area contributed by atoms with Crippen LogP contribution in [0.1, 0.15) is 13.3 Å². The van der Waals surface area contributed by atoms with Gasteiger partial charge in [-0.25, -0.2) is 0 Å². The highest BCUT2D eigenvalue weighted by molar-refractivity contribution is 5.83. The fourth-order valence-electron chi connectivity index (χ4n) is 2.51. The van der Waals surface area contributed by atoms with Gasteiger partial charge in [0.05, 0.1) is 12.6 Å². The third kappa shape index (κ3) is 5.42. The summed E-state index contributed by atoms with van der Waals surface area (Å²) in [4.78, 5) is 13.6. The van der Waals surface area contributed by atoms with Gasteiger partial charge in [-0.3, -0.25) is 10.1 Å². The Morgan fingerprint density at radius 1 is 1.21 bits per heavy atom. The second kappa shape index (κ2) is 8.77. The van der Waals surface area contributed by atoms with Crippen LogP contribution in [0.3, 0.4) is 0 Å². The number of rotatable bonds is 6. The smallest absolute Gasteiger partial charge is 0.395 e. The van der Waals surface area contributed by atoms with Crippen molar-refractivity contribution < 1.29 is 38.4 Å². The van der Waals surface area contributed by atoms with Crippen molar-refractivity contribution in [3.8, 4) is 0 Å². The molecule has 0 aromatic rings. The predicted octanol–water partition coefficient (Wildman–Crippen LogP) is -1.24. The molecule has 0 radical (unpaired) electrons. The van der Waals surface area contributed by atoms with Crippen molar-refractivity contribution in [1.82, 2.24) is 10.2 Å². The SMILES string of the molecule is CCN(CC/C=C\C(F)(F)F)C(=O)[C@H]1N[C@H](CO)[C@@H](O)[C@H](O)[C@@H]1O. The summed E-state index contributed by atoms with van der Waals surface area (Å²) in [5.74, 6) is -0.630. The molecule has 0 aromatic carbocycles. The maximum Gasteiger partial charge on any atom is 0.409 e. The molecule has 1 aliphatic heterocycles. The molecule has 5 atom stereocenters. The largest absolute Gasteiger partial charge is 0.409 e. The number of piperidine rings is 1. The highest BCUT2D eigenvalue weighted by Gasteiger charge is 2.45. The fourth-order valence-corrected chi connectivity index (χ4v) is 2.51. The number of aliphatic hydroxyl groups is 4. The van der Waals surface area contributed by atoms with Crippen LogP contribution in [0.5, 0.6) is 0 Å². The molecule has 140 valence electrons. The first-order valence-corrected chi connectivity index (χ1v) is 7.56. The van der Waals surface area contributed by atoms with Gasteiger partial charge in [0, 0.05) is 19.2 Å². The molecule has 0 aliphatic carbocycles. The molecule has 10 heteroatoms. The molecule has 1 fully saturated rings. The zero-order valence-corrected chi connectivity index (χ0v) is 13.1. The molecule has 5 N–H and O–H groups in total. The summed E-state index contributed by atoms with van der Waals surface area (Å²) in [5.41, 5.74) is 0. The van der Waals surface area contributed by atoms with Crippen LogP contribution >= 0.6 is 0 Å². The molecular formula is C14H23F3N2O5. The van der Waals surface area contributed by atoms with Gasteiger partial charge in [0.1, 0.15) is 24.4 Å². The van der Waals surface area contributed by atoms with E-state index in [1.807, 2.05) is 0 Å². The van der Waals surface area contributed by atoms with Crippen molar-refractivity contribution >= 4 is 5.91 Å². The van der Waals surface area contributed by atoms with Crippen LogP contribution in [0, 0.1) is 0 Å². The lowest BCUT2D eigenvalue weighted by atomic mass is 9.90. The molecule has 1 rings (SSSR count). The Labute approximate surface area is 137 Å². The Morgan fingerprint density at radius 2 is 1.83 bits per heavy atom. The van der Waals surface area contributed by atoms with E-state index in [-0.39, 0.29) is 25.6 Å². The third-order valence-corrected chi connectivity index (χ3v) is 3.88. The number of alkyl halides is 3. The van der Waals surface area contributed by atoms with E-state index in [1.54, 1.807) is 6.92 Å². The van der Waals surface area contributed by atoms with Crippen molar-refractivity contribution in [3.63, 3.8) is 0 Å². The number of hydrogen-bond donors (Lipinski definition) is 5. The summed E-state index contributed by atoms with van der Waals surface area (Å²) in [5, 5.41) is 41.1. The van der Waals surface area contributed by atoms with Crippen LogP contribution in [-0.2, 0) is 4.79 Å². The summed E-state index contributed by atoms with van der Waals surface area (Å²) >= 11 is 0. The monoisotopic (exact) mass is 356 g/mol. The number of nitrogens with zero attached hydrogens (tertiary/aromatic N) is 1. The van der Waals surface area contributed by atoms with E-state index in [0.29, 0.717) is 0 Å². The number of carbonyl (C=O) groups is 1. The minimum atomic E-state index is -4.42. The van der Waals surface area contributed by atoms with E-state index in [0.717, 1.165) is 6.08 Å². The van der Waals surface area contributed by atoms with Crippen molar-refractivity contribution in [2.24, 2.45) is 0 Å². The van der Waals surface area contributed by atoms with Crippen LogP contribution < -0.4 is 5.32 Å². The molecule has 24 heavy (non-hydrogen) atoms. The van der Waals surface area contributed by atoms with Gasteiger partial charge < -0.3 is 25.3 Å². The summed E-state index contributed by atoms with van der Waals surface area (Å²) in [7, 11) is 0. The van der Waals surface area contributed by atoms with Gasteiger partial charge in [0.15, 0.2) is 0 Å². The average Bonchev–Trinajstić information content (AvgIpc) is 2.51. The molecule has 1 heterocycles. The first-order valence-electron chi connectivity index (χ1n) is 7.56. The zero-order valence-electron chi connectivity index (χ0n) is 13.1. The molecule has 1 amide bonds. The first-order chi connectivity index (χ1) is 11.1. The van der Waals surface area contributed by atoms with Crippen molar-refractivity contribution in [1.29, 1.82) is 0 Å². The Morgan fingerprint density at radius 3 is 2.33 bits per heavy atom. The summed E-state index contributed by atoms with van der Waals surface area (Å²) in [6.45, 7) is 1.24. The van der Waals surface area contributed by atoms with Gasteiger partial charge >= 0.3 is 6.18 Å². The van der Waals surface area contributed by atoms with Crippen LogP contribution in [0.4, 0.5) is 13.2 Å². The van der Waals surface area contributed by atoms with E-state index in [2.05, 4.69) is 5.32 Å². The Bertz CT molecular complexity index is 445. The molecule has 0 bridgehead atoms. The number of carbonyl (C=O) groups excluding carboxylic acids is 1. The standard InChI is InChI=1S/C14H23F3N2O5/c1-2-19(6-4-3-5-14(15,16)17)13(24)9-11(22)12(23)10(21)8(7-20)18-9/h3,5,8-12,18,20-23H,2,4,6-7H2,1H3/b5-3-/t8-,9+,10-,11-,12+/m1/s1. The maximum absolute atomic E-state index is 12.4. The number of likely N-dealkylation sites (N-methyl/N-ethyl adjacent to an activating group) is 1. The van der Waals surface area contributed by atoms with Crippen molar-refractivity contribution in [2.45, 2.75) is 49.9 Å². The molecular weight excluding hydrogens is 333 g/mol. The van der Waals surface area contributed by atoms with E-state index in [9.17, 15) is 33.3 Å². The Hall–Kier alpha value is -1.20. The van der Waals surface area contributed by atoms with Gasteiger partial charge in [-0.2, -0.15) is 13.2 Å². The van der Waals surface area contributed by atoms with Gasteiger partial charge in [-0.1, -0.05) is 6.08 Å². The molecule has 0 spiro atoms. The fraction of sp³-hybridized carbons (Fsp3) is 0.786. The number of amides is 1. The average molecular weight is 356 g/mol. The van der Waals surface area contributed by atoms with Crippen LogP contribution in [-0.4, -0.2) is 87.5 Å². The summed E-state index contributed by atoms with van der Waals surface area (Å²) < 4.78 is 36.1. The summed E-state index contributed by atoms with van der Waals surface area (Å²) in [6, 6.07) is -2.27. The number of aliphatic hydroxyl groups excluding tert-OH is 4.